The average molecular weight is 281 g/mol. The van der Waals surface area contributed by atoms with E-state index in [9.17, 15) is 0 Å². The van der Waals surface area contributed by atoms with Crippen LogP contribution in [-0.4, -0.2) is 54.7 Å². The number of hydrogen-bond donors (Lipinski definition) is 1. The maximum atomic E-state index is 5.47. The Labute approximate surface area is 119 Å². The number of methoxy groups -OCH3 is 1. The largest absolute Gasteiger partial charge is 0.495 e. The van der Waals surface area contributed by atoms with Gasteiger partial charge in [-0.2, -0.15) is 11.8 Å². The highest BCUT2D eigenvalue weighted by Crippen LogP contribution is 2.30. The maximum absolute atomic E-state index is 5.47. The van der Waals surface area contributed by atoms with E-state index < -0.39 is 0 Å². The molecule has 0 radical (unpaired) electrons. The first kappa shape index (κ1) is 14.6. The number of rotatable bonds is 5. The van der Waals surface area contributed by atoms with Crippen LogP contribution in [0.3, 0.4) is 0 Å². The van der Waals surface area contributed by atoms with Gasteiger partial charge in [-0.05, 0) is 25.7 Å². The Hall–Kier alpha value is -0.780. The van der Waals surface area contributed by atoms with Crippen LogP contribution in [0.4, 0.5) is 0 Å². The van der Waals surface area contributed by atoms with E-state index in [1.807, 2.05) is 30.1 Å². The van der Waals surface area contributed by atoms with Crippen LogP contribution in [0.15, 0.2) is 18.3 Å². The van der Waals surface area contributed by atoms with Gasteiger partial charge in [-0.15, -0.1) is 0 Å². The van der Waals surface area contributed by atoms with Crippen molar-refractivity contribution in [1.82, 2.24) is 15.2 Å². The van der Waals surface area contributed by atoms with Gasteiger partial charge >= 0.3 is 0 Å². The molecule has 2 unspecified atom stereocenters. The lowest BCUT2D eigenvalue weighted by Crippen LogP contribution is -2.48. The van der Waals surface area contributed by atoms with Crippen LogP contribution in [0.25, 0.3) is 0 Å². The standard InChI is InChI=1S/C14H23N3OS/c1-4-15-13(11-10-19-9-8-17(11)2)14-12(18-3)6-5-7-16-14/h5-7,11,13,15H,4,8-10H2,1-3H3. The second kappa shape index (κ2) is 7.12. The zero-order chi connectivity index (χ0) is 13.7. The van der Waals surface area contributed by atoms with Crippen LogP contribution in [-0.2, 0) is 0 Å². The summed E-state index contributed by atoms with van der Waals surface area (Å²) in [7, 11) is 3.91. The molecule has 0 saturated carbocycles. The Kier molecular flexibility index (Phi) is 5.48. The van der Waals surface area contributed by atoms with Crippen LogP contribution >= 0.6 is 11.8 Å². The van der Waals surface area contributed by atoms with Crippen molar-refractivity contribution < 1.29 is 4.74 Å². The Morgan fingerprint density at radius 2 is 2.47 bits per heavy atom. The Bertz CT molecular complexity index is 402. The number of hydrogen-bond acceptors (Lipinski definition) is 5. The predicted octanol–water partition coefficient (Wildman–Crippen LogP) is 1.79. The molecule has 1 aromatic heterocycles. The van der Waals surface area contributed by atoms with Gasteiger partial charge < -0.3 is 10.1 Å². The Balaban J connectivity index is 2.27. The molecule has 1 saturated heterocycles. The third kappa shape index (κ3) is 3.41. The van der Waals surface area contributed by atoms with E-state index in [0.29, 0.717) is 6.04 Å². The van der Waals surface area contributed by atoms with E-state index in [-0.39, 0.29) is 6.04 Å². The highest BCUT2D eigenvalue weighted by molar-refractivity contribution is 7.99. The molecular weight excluding hydrogens is 258 g/mol. The molecule has 0 amide bonds. The lowest BCUT2D eigenvalue weighted by Gasteiger charge is -2.38. The van der Waals surface area contributed by atoms with Gasteiger partial charge in [0.15, 0.2) is 0 Å². The van der Waals surface area contributed by atoms with Crippen molar-refractivity contribution in [1.29, 1.82) is 0 Å². The first-order valence-corrected chi connectivity index (χ1v) is 7.93. The van der Waals surface area contributed by atoms with Crippen molar-refractivity contribution >= 4 is 11.8 Å². The highest BCUT2D eigenvalue weighted by Gasteiger charge is 2.31. The van der Waals surface area contributed by atoms with Gasteiger partial charge in [0.1, 0.15) is 11.4 Å². The van der Waals surface area contributed by atoms with Crippen molar-refractivity contribution in [3.63, 3.8) is 0 Å². The molecule has 0 bridgehead atoms. The van der Waals surface area contributed by atoms with Crippen LogP contribution in [0, 0.1) is 0 Å². The first-order valence-electron chi connectivity index (χ1n) is 6.78. The van der Waals surface area contributed by atoms with Crippen molar-refractivity contribution in [3.05, 3.63) is 24.0 Å². The minimum Gasteiger partial charge on any atom is -0.495 e. The van der Waals surface area contributed by atoms with Crippen LogP contribution in [0.1, 0.15) is 18.7 Å². The molecule has 1 fully saturated rings. The number of ether oxygens (including phenoxy) is 1. The highest BCUT2D eigenvalue weighted by atomic mass is 32.2. The Morgan fingerprint density at radius 1 is 1.63 bits per heavy atom. The quantitative estimate of drug-likeness (QED) is 0.890. The number of pyridine rings is 1. The zero-order valence-electron chi connectivity index (χ0n) is 11.9. The van der Waals surface area contributed by atoms with Crippen molar-refractivity contribution in [2.24, 2.45) is 0 Å². The van der Waals surface area contributed by atoms with E-state index in [0.717, 1.165) is 30.3 Å². The second-order valence-electron chi connectivity index (χ2n) is 4.75. The van der Waals surface area contributed by atoms with Crippen molar-refractivity contribution in [2.45, 2.75) is 19.0 Å². The summed E-state index contributed by atoms with van der Waals surface area (Å²) in [5.41, 5.74) is 1.02. The fraction of sp³-hybridized carbons (Fsp3) is 0.643. The van der Waals surface area contributed by atoms with Gasteiger partial charge in [-0.3, -0.25) is 9.88 Å². The molecule has 2 heterocycles. The molecule has 1 aromatic rings. The molecule has 1 aliphatic rings. The SMILES string of the molecule is CCNC(c1ncccc1OC)C1CSCCN1C. The summed E-state index contributed by atoms with van der Waals surface area (Å²) in [5, 5.41) is 3.58. The van der Waals surface area contributed by atoms with E-state index >= 15 is 0 Å². The summed E-state index contributed by atoms with van der Waals surface area (Å²) in [4.78, 5) is 6.98. The molecule has 19 heavy (non-hydrogen) atoms. The van der Waals surface area contributed by atoms with Gasteiger partial charge in [-0.1, -0.05) is 6.92 Å². The van der Waals surface area contributed by atoms with Crippen molar-refractivity contribution in [2.75, 3.05) is 38.8 Å². The maximum Gasteiger partial charge on any atom is 0.142 e. The third-order valence-electron chi connectivity index (χ3n) is 3.57. The first-order chi connectivity index (χ1) is 9.27. The number of thioether (sulfide) groups is 1. The predicted molar refractivity (Wildman–Crippen MR) is 80.9 cm³/mol. The number of likely N-dealkylation sites (N-methyl/N-ethyl adjacent to an activating group) is 2. The molecule has 0 aromatic carbocycles. The number of nitrogens with zero attached hydrogens (tertiary/aromatic N) is 2. The van der Waals surface area contributed by atoms with E-state index in [1.165, 1.54) is 5.75 Å². The van der Waals surface area contributed by atoms with E-state index in [4.69, 9.17) is 4.74 Å². The normalized spacial score (nSPS) is 22.2. The summed E-state index contributed by atoms with van der Waals surface area (Å²) >= 11 is 2.02. The molecule has 1 aliphatic heterocycles. The van der Waals surface area contributed by atoms with Gasteiger partial charge in [0.25, 0.3) is 0 Å². The lowest BCUT2D eigenvalue weighted by atomic mass is 10.0. The molecule has 2 rings (SSSR count). The molecule has 2 atom stereocenters. The average Bonchev–Trinajstić information content (AvgIpc) is 2.46. The molecule has 5 heteroatoms. The van der Waals surface area contributed by atoms with Gasteiger partial charge in [0.2, 0.25) is 0 Å². The third-order valence-corrected chi connectivity index (χ3v) is 4.61. The minimum atomic E-state index is 0.221. The van der Waals surface area contributed by atoms with Crippen LogP contribution < -0.4 is 10.1 Å². The molecule has 106 valence electrons. The summed E-state index contributed by atoms with van der Waals surface area (Å²) in [5.74, 6) is 3.22. The summed E-state index contributed by atoms with van der Waals surface area (Å²) in [6.45, 7) is 4.20. The van der Waals surface area contributed by atoms with Gasteiger partial charge in [0, 0.05) is 30.3 Å². The van der Waals surface area contributed by atoms with E-state index in [2.05, 4.69) is 29.2 Å². The zero-order valence-corrected chi connectivity index (χ0v) is 12.7. The minimum absolute atomic E-state index is 0.221. The van der Waals surface area contributed by atoms with Crippen molar-refractivity contribution in [3.8, 4) is 5.75 Å². The van der Waals surface area contributed by atoms with Crippen LogP contribution in [0.2, 0.25) is 0 Å². The van der Waals surface area contributed by atoms with E-state index in [1.54, 1.807) is 7.11 Å². The smallest absolute Gasteiger partial charge is 0.142 e. The Morgan fingerprint density at radius 3 is 3.16 bits per heavy atom. The molecule has 1 N–H and O–H groups in total. The summed E-state index contributed by atoms with van der Waals surface area (Å²) in [6, 6.07) is 4.59. The molecular formula is C14H23N3OS. The van der Waals surface area contributed by atoms with Crippen LogP contribution in [0.5, 0.6) is 5.75 Å². The molecule has 0 spiro atoms. The lowest BCUT2D eigenvalue weighted by molar-refractivity contribution is 0.211. The number of aromatic nitrogens is 1. The second-order valence-corrected chi connectivity index (χ2v) is 5.90. The summed E-state index contributed by atoms with van der Waals surface area (Å²) in [6.07, 6.45) is 1.85. The fourth-order valence-corrected chi connectivity index (χ4v) is 3.77. The fourth-order valence-electron chi connectivity index (χ4n) is 2.50. The topological polar surface area (TPSA) is 37.4 Å². The molecule has 4 nitrogen and oxygen atoms in total. The summed E-state index contributed by atoms with van der Waals surface area (Å²) < 4.78 is 5.47. The monoisotopic (exact) mass is 281 g/mol. The van der Waals surface area contributed by atoms with Gasteiger partial charge in [0.05, 0.1) is 13.2 Å². The van der Waals surface area contributed by atoms with Gasteiger partial charge in [-0.25, -0.2) is 0 Å². The number of nitrogens with one attached hydrogen (secondary N) is 1. The molecule has 0 aliphatic carbocycles.